The van der Waals surface area contributed by atoms with E-state index in [2.05, 4.69) is 35.6 Å². The van der Waals surface area contributed by atoms with Crippen LogP contribution < -0.4 is 5.32 Å². The molecule has 0 saturated heterocycles. The average Bonchev–Trinajstić information content (AvgIpc) is 3.10. The van der Waals surface area contributed by atoms with E-state index >= 15 is 0 Å². The van der Waals surface area contributed by atoms with Crippen molar-refractivity contribution in [1.29, 1.82) is 0 Å². The SMILES string of the molecule is c1ccc(CNCCCOCC2CC3CCC2C3)cc1. The first-order chi connectivity index (χ1) is 9.92. The van der Waals surface area contributed by atoms with Crippen molar-refractivity contribution in [3.8, 4) is 0 Å². The summed E-state index contributed by atoms with van der Waals surface area (Å²) in [4.78, 5) is 0. The molecule has 2 nitrogen and oxygen atoms in total. The van der Waals surface area contributed by atoms with Gasteiger partial charge in [-0.2, -0.15) is 0 Å². The van der Waals surface area contributed by atoms with Crippen molar-refractivity contribution in [3.05, 3.63) is 35.9 Å². The molecule has 110 valence electrons. The third-order valence-corrected chi connectivity index (χ3v) is 5.03. The van der Waals surface area contributed by atoms with Crippen LogP contribution in [0, 0.1) is 17.8 Å². The minimum atomic E-state index is 0.881. The molecule has 2 fully saturated rings. The van der Waals surface area contributed by atoms with Crippen LogP contribution in [-0.4, -0.2) is 19.8 Å². The molecule has 0 heterocycles. The second-order valence-corrected chi connectivity index (χ2v) is 6.53. The Morgan fingerprint density at radius 1 is 1.10 bits per heavy atom. The normalized spacial score (nSPS) is 28.1. The monoisotopic (exact) mass is 273 g/mol. The van der Waals surface area contributed by atoms with Crippen LogP contribution in [0.5, 0.6) is 0 Å². The van der Waals surface area contributed by atoms with E-state index in [4.69, 9.17) is 4.74 Å². The lowest BCUT2D eigenvalue weighted by Crippen LogP contribution is -2.19. The van der Waals surface area contributed by atoms with Crippen LogP contribution in [0.3, 0.4) is 0 Å². The maximum Gasteiger partial charge on any atom is 0.0497 e. The van der Waals surface area contributed by atoms with Gasteiger partial charge in [0.1, 0.15) is 0 Å². The molecule has 0 spiro atoms. The van der Waals surface area contributed by atoms with E-state index in [1.165, 1.54) is 31.2 Å². The lowest BCUT2D eigenvalue weighted by Gasteiger charge is -2.21. The van der Waals surface area contributed by atoms with Crippen LogP contribution in [0.25, 0.3) is 0 Å². The number of nitrogens with one attached hydrogen (secondary N) is 1. The molecule has 1 N–H and O–H groups in total. The minimum Gasteiger partial charge on any atom is -0.381 e. The van der Waals surface area contributed by atoms with Gasteiger partial charge in [0, 0.05) is 19.8 Å². The van der Waals surface area contributed by atoms with E-state index in [1.54, 1.807) is 0 Å². The Hall–Kier alpha value is -0.860. The first-order valence-corrected chi connectivity index (χ1v) is 8.24. The molecule has 2 heteroatoms. The summed E-state index contributed by atoms with van der Waals surface area (Å²) >= 11 is 0. The smallest absolute Gasteiger partial charge is 0.0497 e. The molecule has 0 amide bonds. The van der Waals surface area contributed by atoms with E-state index in [1.807, 2.05) is 0 Å². The Bertz CT molecular complexity index is 392. The summed E-state index contributed by atoms with van der Waals surface area (Å²) in [7, 11) is 0. The molecule has 1 aromatic carbocycles. The highest BCUT2D eigenvalue weighted by atomic mass is 16.5. The third kappa shape index (κ3) is 3.83. The molecular formula is C18H27NO. The van der Waals surface area contributed by atoms with Gasteiger partial charge in [-0.05, 0) is 55.5 Å². The van der Waals surface area contributed by atoms with Crippen molar-refractivity contribution in [2.45, 2.75) is 38.6 Å². The van der Waals surface area contributed by atoms with E-state index < -0.39 is 0 Å². The molecule has 1 aromatic rings. The number of rotatable bonds is 8. The molecule has 2 saturated carbocycles. The topological polar surface area (TPSA) is 21.3 Å². The van der Waals surface area contributed by atoms with Crippen LogP contribution >= 0.6 is 0 Å². The highest BCUT2D eigenvalue weighted by molar-refractivity contribution is 5.14. The fraction of sp³-hybridized carbons (Fsp3) is 0.667. The van der Waals surface area contributed by atoms with Gasteiger partial charge in [-0.25, -0.2) is 0 Å². The van der Waals surface area contributed by atoms with Gasteiger partial charge < -0.3 is 10.1 Å². The Balaban J connectivity index is 1.19. The van der Waals surface area contributed by atoms with Crippen molar-refractivity contribution in [3.63, 3.8) is 0 Å². The molecule has 0 aliphatic heterocycles. The lowest BCUT2D eigenvalue weighted by atomic mass is 9.90. The largest absolute Gasteiger partial charge is 0.381 e. The molecule has 0 aromatic heterocycles. The predicted molar refractivity (Wildman–Crippen MR) is 82.5 cm³/mol. The van der Waals surface area contributed by atoms with Gasteiger partial charge in [0.05, 0.1) is 0 Å². The van der Waals surface area contributed by atoms with Crippen molar-refractivity contribution in [2.24, 2.45) is 17.8 Å². The van der Waals surface area contributed by atoms with Gasteiger partial charge in [-0.15, -0.1) is 0 Å². The number of hydrogen-bond donors (Lipinski definition) is 1. The first kappa shape index (κ1) is 14.1. The van der Waals surface area contributed by atoms with Gasteiger partial charge in [0.15, 0.2) is 0 Å². The van der Waals surface area contributed by atoms with Gasteiger partial charge in [0.25, 0.3) is 0 Å². The van der Waals surface area contributed by atoms with Crippen LogP contribution in [-0.2, 0) is 11.3 Å². The minimum absolute atomic E-state index is 0.881. The number of fused-ring (bicyclic) bond motifs is 2. The fourth-order valence-corrected chi connectivity index (χ4v) is 3.94. The summed E-state index contributed by atoms with van der Waals surface area (Å²) in [5, 5.41) is 3.48. The van der Waals surface area contributed by atoms with Gasteiger partial charge >= 0.3 is 0 Å². The number of ether oxygens (including phenoxy) is 1. The highest BCUT2D eigenvalue weighted by Crippen LogP contribution is 2.48. The second kappa shape index (κ2) is 7.24. The van der Waals surface area contributed by atoms with Crippen molar-refractivity contribution in [2.75, 3.05) is 19.8 Å². The van der Waals surface area contributed by atoms with Crippen LogP contribution in [0.4, 0.5) is 0 Å². The van der Waals surface area contributed by atoms with Crippen LogP contribution in [0.1, 0.15) is 37.7 Å². The summed E-state index contributed by atoms with van der Waals surface area (Å²) in [6, 6.07) is 10.6. The van der Waals surface area contributed by atoms with Crippen molar-refractivity contribution >= 4 is 0 Å². The Labute approximate surface area is 122 Å². The fourth-order valence-electron chi connectivity index (χ4n) is 3.94. The zero-order chi connectivity index (χ0) is 13.6. The van der Waals surface area contributed by atoms with E-state index in [9.17, 15) is 0 Å². The van der Waals surface area contributed by atoms with Crippen LogP contribution in [0.2, 0.25) is 0 Å². The summed E-state index contributed by atoms with van der Waals surface area (Å²) < 4.78 is 5.88. The zero-order valence-corrected chi connectivity index (χ0v) is 12.4. The zero-order valence-electron chi connectivity index (χ0n) is 12.4. The second-order valence-electron chi connectivity index (χ2n) is 6.53. The molecule has 3 rings (SSSR count). The third-order valence-electron chi connectivity index (χ3n) is 5.03. The lowest BCUT2D eigenvalue weighted by molar-refractivity contribution is 0.0771. The summed E-state index contributed by atoms with van der Waals surface area (Å²) in [5.74, 6) is 2.92. The van der Waals surface area contributed by atoms with Gasteiger partial charge in [0.2, 0.25) is 0 Å². The summed E-state index contributed by atoms with van der Waals surface area (Å²) in [6.45, 7) is 3.94. The predicted octanol–water partition coefficient (Wildman–Crippen LogP) is 3.62. The molecule has 0 radical (unpaired) electrons. The Morgan fingerprint density at radius 2 is 2.00 bits per heavy atom. The van der Waals surface area contributed by atoms with Crippen molar-refractivity contribution < 1.29 is 4.74 Å². The Morgan fingerprint density at radius 3 is 2.75 bits per heavy atom. The van der Waals surface area contributed by atoms with Crippen molar-refractivity contribution in [1.82, 2.24) is 5.32 Å². The summed E-state index contributed by atoms with van der Waals surface area (Å²) in [6.07, 6.45) is 7.01. The molecule has 3 atom stereocenters. The molecule has 2 aliphatic rings. The highest BCUT2D eigenvalue weighted by Gasteiger charge is 2.39. The van der Waals surface area contributed by atoms with Gasteiger partial charge in [-0.1, -0.05) is 36.8 Å². The molecular weight excluding hydrogens is 246 g/mol. The first-order valence-electron chi connectivity index (χ1n) is 8.24. The molecule has 2 bridgehead atoms. The van der Waals surface area contributed by atoms with E-state index in [0.29, 0.717) is 0 Å². The maximum absolute atomic E-state index is 5.88. The number of hydrogen-bond acceptors (Lipinski definition) is 2. The van der Waals surface area contributed by atoms with Gasteiger partial charge in [-0.3, -0.25) is 0 Å². The van der Waals surface area contributed by atoms with E-state index in [-0.39, 0.29) is 0 Å². The number of benzene rings is 1. The standard InChI is InChI=1S/C18H27NO/c1-2-5-15(6-3-1)13-19-9-4-10-20-14-18-12-16-7-8-17(18)11-16/h1-3,5-6,16-19H,4,7-14H2. The summed E-state index contributed by atoms with van der Waals surface area (Å²) in [5.41, 5.74) is 1.36. The van der Waals surface area contributed by atoms with E-state index in [0.717, 1.165) is 50.5 Å². The molecule has 3 unspecified atom stereocenters. The van der Waals surface area contributed by atoms with Crippen LogP contribution in [0.15, 0.2) is 30.3 Å². The Kier molecular flexibility index (Phi) is 5.10. The average molecular weight is 273 g/mol. The quantitative estimate of drug-likeness (QED) is 0.730. The maximum atomic E-state index is 5.88. The molecule has 2 aliphatic carbocycles. The molecule has 20 heavy (non-hydrogen) atoms.